The Bertz CT molecular complexity index is 1070. The van der Waals surface area contributed by atoms with Crippen molar-refractivity contribution >= 4 is 29.7 Å². The number of alkyl carbamates (subject to hydrolysis) is 1. The lowest BCUT2D eigenvalue weighted by atomic mass is 9.85. The molecule has 2 aromatic rings. The monoisotopic (exact) mass is 496 g/mol. The van der Waals surface area contributed by atoms with E-state index in [4.69, 9.17) is 4.74 Å². The third-order valence-corrected chi connectivity index (χ3v) is 7.75. The molecular weight excluding hydrogens is 464 g/mol. The van der Waals surface area contributed by atoms with Gasteiger partial charge in [-0.05, 0) is 52.5 Å². The van der Waals surface area contributed by atoms with Gasteiger partial charge in [-0.2, -0.15) is 11.8 Å². The van der Waals surface area contributed by atoms with Crippen LogP contribution in [0.25, 0.3) is 11.1 Å². The van der Waals surface area contributed by atoms with E-state index in [1.54, 1.807) is 11.8 Å². The van der Waals surface area contributed by atoms with Crippen LogP contribution < -0.4 is 5.32 Å². The lowest BCUT2D eigenvalue weighted by Crippen LogP contribution is -2.54. The van der Waals surface area contributed by atoms with E-state index in [9.17, 15) is 19.5 Å². The van der Waals surface area contributed by atoms with E-state index in [-0.39, 0.29) is 18.4 Å². The number of carbonyl (C=O) groups excluding carboxylic acids is 2. The topological polar surface area (TPSA) is 95.9 Å². The molecule has 2 aromatic carbocycles. The molecule has 1 saturated heterocycles. The predicted molar refractivity (Wildman–Crippen MR) is 137 cm³/mol. The number of benzene rings is 2. The van der Waals surface area contributed by atoms with Crippen LogP contribution in [0.2, 0.25) is 0 Å². The Morgan fingerprint density at radius 2 is 1.71 bits per heavy atom. The van der Waals surface area contributed by atoms with Crippen molar-refractivity contribution in [2.45, 2.75) is 44.7 Å². The average molecular weight is 497 g/mol. The summed E-state index contributed by atoms with van der Waals surface area (Å²) in [5.74, 6) is -0.824. The number of hydrogen-bond donors (Lipinski definition) is 2. The molecule has 1 aliphatic carbocycles. The molecule has 35 heavy (non-hydrogen) atoms. The maximum absolute atomic E-state index is 13.4. The van der Waals surface area contributed by atoms with E-state index in [1.807, 2.05) is 56.5 Å². The van der Waals surface area contributed by atoms with Crippen molar-refractivity contribution in [1.29, 1.82) is 0 Å². The highest BCUT2D eigenvalue weighted by Gasteiger charge is 2.48. The Kier molecular flexibility index (Phi) is 7.40. The van der Waals surface area contributed by atoms with Gasteiger partial charge >= 0.3 is 12.1 Å². The Hall–Kier alpha value is -3.00. The van der Waals surface area contributed by atoms with Crippen LogP contribution in [-0.2, 0) is 14.3 Å². The van der Waals surface area contributed by atoms with Crippen LogP contribution >= 0.6 is 11.8 Å². The van der Waals surface area contributed by atoms with E-state index < -0.39 is 29.6 Å². The van der Waals surface area contributed by atoms with Gasteiger partial charge in [-0.3, -0.25) is 4.79 Å². The predicted octanol–water partition coefficient (Wildman–Crippen LogP) is 4.36. The molecule has 4 rings (SSSR count). The first-order valence-corrected chi connectivity index (χ1v) is 13.3. The molecule has 2 unspecified atom stereocenters. The van der Waals surface area contributed by atoms with Crippen LogP contribution in [0.4, 0.5) is 4.79 Å². The zero-order chi connectivity index (χ0) is 25.2. The SMILES string of the molecule is CSCCC(NC(=O)OCC1c2ccccc2-c2ccccc21)C(=O)N1CCC(C)(C)C1C(=O)O. The first-order valence-electron chi connectivity index (χ1n) is 11.9. The van der Waals surface area contributed by atoms with Crippen molar-refractivity contribution in [2.75, 3.05) is 25.2 Å². The number of aliphatic carboxylic acids is 1. The Balaban J connectivity index is 1.45. The second-order valence-electron chi connectivity index (χ2n) is 9.81. The highest BCUT2D eigenvalue weighted by atomic mass is 32.2. The summed E-state index contributed by atoms with van der Waals surface area (Å²) in [6, 6.07) is 14.4. The number of ether oxygens (including phenoxy) is 1. The summed E-state index contributed by atoms with van der Waals surface area (Å²) in [6.45, 7) is 4.21. The normalized spacial score (nSPS) is 19.1. The van der Waals surface area contributed by atoms with Crippen molar-refractivity contribution in [1.82, 2.24) is 10.2 Å². The number of nitrogens with one attached hydrogen (secondary N) is 1. The average Bonchev–Trinajstić information content (AvgIpc) is 3.33. The highest BCUT2D eigenvalue weighted by molar-refractivity contribution is 7.98. The molecule has 0 radical (unpaired) electrons. The van der Waals surface area contributed by atoms with E-state index in [2.05, 4.69) is 17.4 Å². The molecule has 2 aliphatic rings. The smallest absolute Gasteiger partial charge is 0.407 e. The molecule has 8 heteroatoms. The molecule has 1 fully saturated rings. The molecule has 0 aromatic heterocycles. The van der Waals surface area contributed by atoms with Crippen LogP contribution in [0.15, 0.2) is 48.5 Å². The van der Waals surface area contributed by atoms with Gasteiger partial charge in [0.2, 0.25) is 5.91 Å². The summed E-state index contributed by atoms with van der Waals surface area (Å²) < 4.78 is 5.63. The maximum atomic E-state index is 13.4. The molecule has 2 atom stereocenters. The summed E-state index contributed by atoms with van der Waals surface area (Å²) in [6.07, 6.45) is 2.24. The van der Waals surface area contributed by atoms with Gasteiger partial charge in [0, 0.05) is 12.5 Å². The Labute approximate surface area is 210 Å². The second kappa shape index (κ2) is 10.3. The summed E-state index contributed by atoms with van der Waals surface area (Å²) in [7, 11) is 0. The van der Waals surface area contributed by atoms with Gasteiger partial charge in [0.25, 0.3) is 0 Å². The van der Waals surface area contributed by atoms with E-state index >= 15 is 0 Å². The lowest BCUT2D eigenvalue weighted by molar-refractivity contribution is -0.152. The quantitative estimate of drug-likeness (QED) is 0.564. The number of fused-ring (bicyclic) bond motifs is 3. The van der Waals surface area contributed by atoms with E-state index in [0.29, 0.717) is 25.1 Å². The number of nitrogens with zero attached hydrogens (tertiary/aromatic N) is 1. The molecule has 1 aliphatic heterocycles. The van der Waals surface area contributed by atoms with Crippen molar-refractivity contribution in [3.05, 3.63) is 59.7 Å². The zero-order valence-electron chi connectivity index (χ0n) is 20.3. The van der Waals surface area contributed by atoms with E-state index in [0.717, 1.165) is 22.3 Å². The van der Waals surface area contributed by atoms with Crippen molar-refractivity contribution in [3.63, 3.8) is 0 Å². The minimum Gasteiger partial charge on any atom is -0.480 e. The van der Waals surface area contributed by atoms with Crippen LogP contribution in [0.5, 0.6) is 0 Å². The molecular formula is C27H32N2O5S. The van der Waals surface area contributed by atoms with Crippen LogP contribution in [0.1, 0.15) is 43.7 Å². The maximum Gasteiger partial charge on any atom is 0.407 e. The van der Waals surface area contributed by atoms with Gasteiger partial charge in [-0.1, -0.05) is 62.4 Å². The first-order chi connectivity index (χ1) is 16.7. The number of amides is 2. The zero-order valence-corrected chi connectivity index (χ0v) is 21.1. The van der Waals surface area contributed by atoms with E-state index in [1.165, 1.54) is 4.90 Å². The largest absolute Gasteiger partial charge is 0.480 e. The number of carboxylic acids is 1. The summed E-state index contributed by atoms with van der Waals surface area (Å²) in [5.41, 5.74) is 3.97. The fraction of sp³-hybridized carbons (Fsp3) is 0.444. The minimum absolute atomic E-state index is 0.0794. The highest BCUT2D eigenvalue weighted by Crippen LogP contribution is 2.44. The third-order valence-electron chi connectivity index (χ3n) is 7.11. The van der Waals surface area contributed by atoms with Gasteiger partial charge in [-0.25, -0.2) is 9.59 Å². The van der Waals surface area contributed by atoms with Crippen LogP contribution in [-0.4, -0.2) is 65.2 Å². The number of likely N-dealkylation sites (tertiary alicyclic amines) is 1. The number of carbonyl (C=O) groups is 3. The van der Waals surface area contributed by atoms with Crippen LogP contribution in [0.3, 0.4) is 0 Å². The molecule has 0 bridgehead atoms. The van der Waals surface area contributed by atoms with Crippen molar-refractivity contribution in [3.8, 4) is 11.1 Å². The number of hydrogen-bond acceptors (Lipinski definition) is 5. The Morgan fingerprint density at radius 1 is 1.11 bits per heavy atom. The minimum atomic E-state index is -1.02. The van der Waals surface area contributed by atoms with Crippen molar-refractivity contribution in [2.24, 2.45) is 5.41 Å². The van der Waals surface area contributed by atoms with Crippen molar-refractivity contribution < 1.29 is 24.2 Å². The Morgan fingerprint density at radius 3 is 2.29 bits per heavy atom. The molecule has 0 saturated carbocycles. The van der Waals surface area contributed by atoms with Gasteiger partial charge < -0.3 is 20.1 Å². The van der Waals surface area contributed by atoms with Gasteiger partial charge in [0.15, 0.2) is 0 Å². The number of carboxylic acid groups (broad SMARTS) is 1. The second-order valence-corrected chi connectivity index (χ2v) is 10.8. The summed E-state index contributed by atoms with van der Waals surface area (Å²) >= 11 is 1.56. The first kappa shape index (κ1) is 25.1. The molecule has 2 N–H and O–H groups in total. The fourth-order valence-corrected chi connectivity index (χ4v) is 5.75. The van der Waals surface area contributed by atoms with Gasteiger partial charge in [0.1, 0.15) is 18.7 Å². The molecule has 186 valence electrons. The summed E-state index contributed by atoms with van der Waals surface area (Å²) in [4.78, 5) is 39.5. The van der Waals surface area contributed by atoms with Gasteiger partial charge in [-0.15, -0.1) is 0 Å². The molecule has 1 heterocycles. The lowest BCUT2D eigenvalue weighted by Gasteiger charge is -2.31. The fourth-order valence-electron chi connectivity index (χ4n) is 5.28. The molecule has 7 nitrogen and oxygen atoms in total. The standard InChI is InChI=1S/C27H32N2O5S/c1-27(2)13-14-29(23(27)25(31)32)24(30)22(12-15-35-3)28-26(33)34-16-21-19-10-6-4-8-17(19)18-9-5-7-11-20(18)21/h4-11,21-23H,12-16H2,1-3H3,(H,28,33)(H,31,32). The molecule has 0 spiro atoms. The number of rotatable bonds is 8. The van der Waals surface area contributed by atoms with Crippen LogP contribution in [0, 0.1) is 5.41 Å². The number of thioether (sulfide) groups is 1. The third kappa shape index (κ3) is 5.03. The van der Waals surface area contributed by atoms with Gasteiger partial charge in [0.05, 0.1) is 0 Å². The summed E-state index contributed by atoms with van der Waals surface area (Å²) in [5, 5.41) is 12.5. The molecule has 2 amide bonds.